The van der Waals surface area contributed by atoms with E-state index >= 15 is 0 Å². The Morgan fingerprint density at radius 3 is 2.64 bits per heavy atom. The van der Waals surface area contributed by atoms with Crippen LogP contribution >= 0.6 is 11.3 Å². The number of carbonyl (C=O) groups excluding carboxylic acids is 1. The average molecular weight is 352 g/mol. The second-order valence-electron chi connectivity index (χ2n) is 6.23. The first-order valence-electron chi connectivity index (χ1n) is 8.42. The van der Waals surface area contributed by atoms with Gasteiger partial charge in [-0.05, 0) is 36.8 Å². The number of nitrogens with one attached hydrogen (secondary N) is 1. The van der Waals surface area contributed by atoms with Crippen molar-refractivity contribution in [2.75, 3.05) is 36.4 Å². The highest BCUT2D eigenvalue weighted by molar-refractivity contribution is 7.22. The molecule has 0 spiro atoms. The Labute approximate surface area is 150 Å². The summed E-state index contributed by atoms with van der Waals surface area (Å²) in [7, 11) is 0. The van der Waals surface area contributed by atoms with Crippen LogP contribution in [0, 0.1) is 6.92 Å². The van der Waals surface area contributed by atoms with Crippen LogP contribution in [-0.2, 0) is 0 Å². The minimum Gasteiger partial charge on any atom is -0.368 e. The van der Waals surface area contributed by atoms with Gasteiger partial charge in [0.1, 0.15) is 0 Å². The first kappa shape index (κ1) is 15.9. The number of rotatable bonds is 2. The summed E-state index contributed by atoms with van der Waals surface area (Å²) < 4.78 is 1.09. The van der Waals surface area contributed by atoms with E-state index in [4.69, 9.17) is 0 Å². The van der Waals surface area contributed by atoms with E-state index in [2.05, 4.69) is 46.4 Å². The van der Waals surface area contributed by atoms with Crippen molar-refractivity contribution in [2.24, 2.45) is 0 Å². The Bertz CT molecular complexity index is 866. The van der Waals surface area contributed by atoms with Crippen LogP contribution in [0.4, 0.5) is 15.6 Å². The van der Waals surface area contributed by atoms with Gasteiger partial charge >= 0.3 is 6.03 Å². The molecule has 0 unspecified atom stereocenters. The van der Waals surface area contributed by atoms with Gasteiger partial charge in [-0.1, -0.05) is 35.6 Å². The molecule has 4 rings (SSSR count). The topological polar surface area (TPSA) is 48.5 Å². The number of urea groups is 1. The van der Waals surface area contributed by atoms with Crippen LogP contribution in [0.3, 0.4) is 0 Å². The standard InChI is InChI=1S/C19H20N4OS/c1-14-5-4-6-15(13-14)22-9-11-23(12-10-22)19(24)21-18-20-16-7-2-3-8-17(16)25-18/h2-8,13H,9-12H2,1H3,(H,20,21,24). The van der Waals surface area contributed by atoms with Crippen molar-refractivity contribution in [1.82, 2.24) is 9.88 Å². The maximum absolute atomic E-state index is 12.5. The van der Waals surface area contributed by atoms with Crippen LogP contribution in [-0.4, -0.2) is 42.1 Å². The Balaban J connectivity index is 1.37. The second kappa shape index (κ2) is 6.72. The predicted molar refractivity (Wildman–Crippen MR) is 104 cm³/mol. The van der Waals surface area contributed by atoms with Crippen LogP contribution in [0.2, 0.25) is 0 Å². The molecule has 128 valence electrons. The fraction of sp³-hybridized carbons (Fsp3) is 0.263. The number of carbonyl (C=O) groups is 1. The number of aryl methyl sites for hydroxylation is 1. The van der Waals surface area contributed by atoms with Gasteiger partial charge in [-0.2, -0.15) is 0 Å². The Hall–Kier alpha value is -2.60. The minimum atomic E-state index is -0.0667. The van der Waals surface area contributed by atoms with Gasteiger partial charge in [-0.15, -0.1) is 0 Å². The highest BCUT2D eigenvalue weighted by Gasteiger charge is 2.22. The van der Waals surface area contributed by atoms with Gasteiger partial charge in [0.15, 0.2) is 5.13 Å². The number of benzene rings is 2. The number of amides is 2. The SMILES string of the molecule is Cc1cccc(N2CCN(C(=O)Nc3nc4ccccc4s3)CC2)c1. The zero-order chi connectivity index (χ0) is 17.2. The number of para-hydroxylation sites is 1. The molecule has 0 aliphatic carbocycles. The lowest BCUT2D eigenvalue weighted by molar-refractivity contribution is 0.208. The lowest BCUT2D eigenvalue weighted by atomic mass is 10.2. The Morgan fingerprint density at radius 1 is 1.08 bits per heavy atom. The van der Waals surface area contributed by atoms with Crippen LogP contribution < -0.4 is 10.2 Å². The zero-order valence-corrected chi connectivity index (χ0v) is 14.9. The van der Waals surface area contributed by atoms with Crippen LogP contribution in [0.15, 0.2) is 48.5 Å². The van der Waals surface area contributed by atoms with E-state index < -0.39 is 0 Å². The van der Waals surface area contributed by atoms with Gasteiger partial charge in [0, 0.05) is 31.9 Å². The smallest absolute Gasteiger partial charge is 0.323 e. The van der Waals surface area contributed by atoms with Crippen molar-refractivity contribution < 1.29 is 4.79 Å². The molecule has 6 heteroatoms. The number of nitrogens with zero attached hydrogens (tertiary/aromatic N) is 3. The van der Waals surface area contributed by atoms with Crippen molar-refractivity contribution in [1.29, 1.82) is 0 Å². The van der Waals surface area contributed by atoms with Crippen molar-refractivity contribution in [3.8, 4) is 0 Å². The highest BCUT2D eigenvalue weighted by Crippen LogP contribution is 2.26. The quantitative estimate of drug-likeness (QED) is 0.759. The third-order valence-corrected chi connectivity index (χ3v) is 5.39. The summed E-state index contributed by atoms with van der Waals surface area (Å²) in [5.74, 6) is 0. The number of hydrogen-bond donors (Lipinski definition) is 1. The first-order chi connectivity index (χ1) is 12.2. The van der Waals surface area contributed by atoms with Gasteiger partial charge in [-0.3, -0.25) is 5.32 Å². The number of fused-ring (bicyclic) bond motifs is 1. The van der Waals surface area contributed by atoms with E-state index in [1.54, 1.807) is 0 Å². The number of thiazole rings is 1. The van der Waals surface area contributed by atoms with E-state index in [1.165, 1.54) is 22.6 Å². The molecular formula is C19H20N4OS. The molecule has 0 atom stereocenters. The predicted octanol–water partition coefficient (Wildman–Crippen LogP) is 3.96. The summed E-state index contributed by atoms with van der Waals surface area (Å²) in [4.78, 5) is 21.2. The van der Waals surface area contributed by atoms with Crippen molar-refractivity contribution in [3.63, 3.8) is 0 Å². The molecule has 0 saturated carbocycles. The summed E-state index contributed by atoms with van der Waals surface area (Å²) in [5, 5.41) is 3.60. The number of hydrogen-bond acceptors (Lipinski definition) is 4. The molecule has 3 aromatic rings. The van der Waals surface area contributed by atoms with Crippen LogP contribution in [0.5, 0.6) is 0 Å². The van der Waals surface area contributed by atoms with E-state index in [-0.39, 0.29) is 6.03 Å². The maximum Gasteiger partial charge on any atom is 0.323 e. The summed E-state index contributed by atoms with van der Waals surface area (Å²) in [6.45, 7) is 5.22. The van der Waals surface area contributed by atoms with Gasteiger partial charge in [0.2, 0.25) is 0 Å². The number of piperazine rings is 1. The summed E-state index contributed by atoms with van der Waals surface area (Å²) in [5.41, 5.74) is 3.41. The number of aromatic nitrogens is 1. The fourth-order valence-corrected chi connectivity index (χ4v) is 3.94. The molecule has 5 nitrogen and oxygen atoms in total. The van der Waals surface area contributed by atoms with Gasteiger partial charge in [0.25, 0.3) is 0 Å². The molecule has 25 heavy (non-hydrogen) atoms. The molecule has 2 amide bonds. The Kier molecular flexibility index (Phi) is 4.28. The lowest BCUT2D eigenvalue weighted by Gasteiger charge is -2.36. The molecule has 2 aromatic carbocycles. The number of anilines is 2. The van der Waals surface area contributed by atoms with Gasteiger partial charge < -0.3 is 9.80 Å². The van der Waals surface area contributed by atoms with E-state index in [0.29, 0.717) is 18.2 Å². The fourth-order valence-electron chi connectivity index (χ4n) is 3.09. The third-order valence-electron chi connectivity index (χ3n) is 4.44. The van der Waals surface area contributed by atoms with Crippen molar-refractivity contribution in [3.05, 3.63) is 54.1 Å². The van der Waals surface area contributed by atoms with E-state index in [0.717, 1.165) is 23.3 Å². The van der Waals surface area contributed by atoms with E-state index in [1.807, 2.05) is 29.2 Å². The molecular weight excluding hydrogens is 332 g/mol. The lowest BCUT2D eigenvalue weighted by Crippen LogP contribution is -2.50. The summed E-state index contributed by atoms with van der Waals surface area (Å²) in [6.07, 6.45) is 0. The highest BCUT2D eigenvalue weighted by atomic mass is 32.1. The van der Waals surface area contributed by atoms with Crippen molar-refractivity contribution >= 4 is 38.4 Å². The van der Waals surface area contributed by atoms with Crippen LogP contribution in [0.1, 0.15) is 5.56 Å². The summed E-state index contributed by atoms with van der Waals surface area (Å²) >= 11 is 1.51. The molecule has 1 aliphatic heterocycles. The molecule has 0 bridgehead atoms. The third kappa shape index (κ3) is 3.44. The molecule has 1 fully saturated rings. The van der Waals surface area contributed by atoms with Crippen LogP contribution in [0.25, 0.3) is 10.2 Å². The summed E-state index contributed by atoms with van der Waals surface area (Å²) in [6, 6.07) is 16.4. The molecule has 1 N–H and O–H groups in total. The minimum absolute atomic E-state index is 0.0667. The molecule has 2 heterocycles. The molecule has 1 saturated heterocycles. The normalized spacial score (nSPS) is 14.8. The van der Waals surface area contributed by atoms with E-state index in [9.17, 15) is 4.79 Å². The molecule has 1 aliphatic rings. The second-order valence-corrected chi connectivity index (χ2v) is 7.26. The zero-order valence-electron chi connectivity index (χ0n) is 14.1. The van der Waals surface area contributed by atoms with Crippen molar-refractivity contribution in [2.45, 2.75) is 6.92 Å². The Morgan fingerprint density at radius 2 is 1.88 bits per heavy atom. The van der Waals surface area contributed by atoms with Gasteiger partial charge in [0.05, 0.1) is 10.2 Å². The monoisotopic (exact) mass is 352 g/mol. The first-order valence-corrected chi connectivity index (χ1v) is 9.24. The molecule has 0 radical (unpaired) electrons. The largest absolute Gasteiger partial charge is 0.368 e. The molecule has 1 aromatic heterocycles. The maximum atomic E-state index is 12.5. The van der Waals surface area contributed by atoms with Gasteiger partial charge in [-0.25, -0.2) is 9.78 Å². The average Bonchev–Trinajstić information content (AvgIpc) is 3.04.